The second-order valence-electron chi connectivity index (χ2n) is 9.23. The highest BCUT2D eigenvalue weighted by atomic mass is 16.2. The number of hydrazone groups is 1. The number of para-hydroxylation sites is 2. The quantitative estimate of drug-likeness (QED) is 0.209. The number of hydrogen-bond acceptors (Lipinski definition) is 3. The van der Waals surface area contributed by atoms with Crippen LogP contribution in [0.2, 0.25) is 0 Å². The monoisotopic (exact) mass is 474 g/mol. The molecule has 0 saturated carbocycles. The summed E-state index contributed by atoms with van der Waals surface area (Å²) >= 11 is 0. The Hall–Kier alpha value is -4.25. The molecule has 3 aromatic carbocycles. The van der Waals surface area contributed by atoms with Crippen molar-refractivity contribution in [3.63, 3.8) is 0 Å². The third-order valence-corrected chi connectivity index (χ3v) is 6.94. The second kappa shape index (κ2) is 9.78. The number of carbonyl (C=O) groups is 1. The van der Waals surface area contributed by atoms with E-state index in [4.69, 9.17) is 4.98 Å². The first-order chi connectivity index (χ1) is 17.5. The summed E-state index contributed by atoms with van der Waals surface area (Å²) in [4.78, 5) is 18.1. The molecule has 5 rings (SSSR count). The first kappa shape index (κ1) is 23.5. The van der Waals surface area contributed by atoms with E-state index in [2.05, 4.69) is 61.0 Å². The van der Waals surface area contributed by atoms with Crippen LogP contribution in [0.1, 0.15) is 53.5 Å². The average Bonchev–Trinajstić information content (AvgIpc) is 3.20. The van der Waals surface area contributed by atoms with E-state index < -0.39 is 0 Å². The Balaban J connectivity index is 1.52. The molecule has 0 spiro atoms. The fraction of sp³-hybridized carbons (Fsp3) is 0.194. The summed E-state index contributed by atoms with van der Waals surface area (Å²) in [5.74, 6) is -0.262. The number of rotatable bonds is 6. The van der Waals surface area contributed by atoms with E-state index in [1.165, 1.54) is 11.1 Å². The van der Waals surface area contributed by atoms with E-state index in [0.29, 0.717) is 11.6 Å². The third-order valence-electron chi connectivity index (χ3n) is 6.94. The highest BCUT2D eigenvalue weighted by Crippen LogP contribution is 2.31. The molecule has 1 atom stereocenters. The molecule has 5 nitrogen and oxygen atoms in total. The molecule has 0 radical (unpaired) electrons. The van der Waals surface area contributed by atoms with Crippen LogP contribution in [0.4, 0.5) is 0 Å². The van der Waals surface area contributed by atoms with E-state index in [-0.39, 0.29) is 5.91 Å². The predicted molar refractivity (Wildman–Crippen MR) is 149 cm³/mol. The molecule has 1 amide bonds. The van der Waals surface area contributed by atoms with Crippen LogP contribution in [0.5, 0.6) is 0 Å². The highest BCUT2D eigenvalue weighted by Gasteiger charge is 2.18. The van der Waals surface area contributed by atoms with Crippen LogP contribution in [0.15, 0.2) is 84.0 Å². The Labute approximate surface area is 211 Å². The SMILES string of the molecule is CC[C@@H](C)n1c(C)c(/C=N/NC(=O)c2cc(-c3ccccc3)nc3ccccc23)c2cccc(C)c21. The molecule has 0 unspecified atom stereocenters. The average molecular weight is 475 g/mol. The van der Waals surface area contributed by atoms with Gasteiger partial charge in [0.05, 0.1) is 28.5 Å². The minimum Gasteiger partial charge on any atom is -0.341 e. The summed E-state index contributed by atoms with van der Waals surface area (Å²) in [6.45, 7) is 8.70. The molecule has 5 aromatic rings. The molecule has 2 aromatic heterocycles. The predicted octanol–water partition coefficient (Wildman–Crippen LogP) is 7.21. The zero-order valence-corrected chi connectivity index (χ0v) is 21.1. The van der Waals surface area contributed by atoms with E-state index in [1.54, 1.807) is 6.21 Å². The largest absolute Gasteiger partial charge is 0.341 e. The number of nitrogens with one attached hydrogen (secondary N) is 1. The Morgan fingerprint density at radius 1 is 1.00 bits per heavy atom. The van der Waals surface area contributed by atoms with Gasteiger partial charge in [-0.2, -0.15) is 5.10 Å². The van der Waals surface area contributed by atoms with Crippen molar-refractivity contribution in [1.29, 1.82) is 0 Å². The van der Waals surface area contributed by atoms with Crippen LogP contribution in [-0.2, 0) is 0 Å². The minimum absolute atomic E-state index is 0.262. The van der Waals surface area contributed by atoms with Crippen LogP contribution in [-0.4, -0.2) is 21.7 Å². The van der Waals surface area contributed by atoms with Gasteiger partial charge in [0.1, 0.15) is 0 Å². The lowest BCUT2D eigenvalue weighted by Gasteiger charge is -2.16. The summed E-state index contributed by atoms with van der Waals surface area (Å²) in [7, 11) is 0. The minimum atomic E-state index is -0.262. The van der Waals surface area contributed by atoms with Gasteiger partial charge in [0.15, 0.2) is 0 Å². The normalized spacial score (nSPS) is 12.4. The van der Waals surface area contributed by atoms with Crippen molar-refractivity contribution in [3.8, 4) is 11.3 Å². The molecular weight excluding hydrogens is 444 g/mol. The number of fused-ring (bicyclic) bond motifs is 2. The molecule has 0 aliphatic carbocycles. The lowest BCUT2D eigenvalue weighted by Crippen LogP contribution is -2.18. The lowest BCUT2D eigenvalue weighted by molar-refractivity contribution is 0.0956. The Morgan fingerprint density at radius 2 is 1.72 bits per heavy atom. The number of aryl methyl sites for hydroxylation is 1. The van der Waals surface area contributed by atoms with Gasteiger partial charge >= 0.3 is 0 Å². The number of nitrogens with zero attached hydrogens (tertiary/aromatic N) is 3. The molecule has 36 heavy (non-hydrogen) atoms. The van der Waals surface area contributed by atoms with Gasteiger partial charge < -0.3 is 4.57 Å². The maximum Gasteiger partial charge on any atom is 0.272 e. The standard InChI is InChI=1S/C31H30N4O/c1-5-21(3)35-22(4)27(25-16-11-12-20(2)30(25)35)19-32-34-31(36)26-18-29(23-13-7-6-8-14-23)33-28-17-10-9-15-24(26)28/h6-19,21H,5H2,1-4H3,(H,34,36)/b32-19+/t21-/m1/s1. The van der Waals surface area contributed by atoms with Crippen molar-refractivity contribution in [2.24, 2.45) is 5.10 Å². The van der Waals surface area contributed by atoms with Crippen molar-refractivity contribution in [2.75, 3.05) is 0 Å². The van der Waals surface area contributed by atoms with Crippen molar-refractivity contribution >= 4 is 33.9 Å². The molecular formula is C31H30N4O. The van der Waals surface area contributed by atoms with E-state index in [0.717, 1.165) is 45.2 Å². The maximum absolute atomic E-state index is 13.3. The Kier molecular flexibility index (Phi) is 6.38. The fourth-order valence-corrected chi connectivity index (χ4v) is 4.92. The summed E-state index contributed by atoms with van der Waals surface area (Å²) in [6.07, 6.45) is 2.81. The van der Waals surface area contributed by atoms with Gasteiger partial charge in [-0.1, -0.05) is 73.7 Å². The van der Waals surface area contributed by atoms with Crippen LogP contribution < -0.4 is 5.43 Å². The van der Waals surface area contributed by atoms with Gasteiger partial charge in [-0.05, 0) is 44.9 Å². The van der Waals surface area contributed by atoms with Crippen LogP contribution in [0.25, 0.3) is 33.1 Å². The molecule has 0 saturated heterocycles. The summed E-state index contributed by atoms with van der Waals surface area (Å²) in [6, 6.07) is 26.1. The fourth-order valence-electron chi connectivity index (χ4n) is 4.92. The van der Waals surface area contributed by atoms with Crippen molar-refractivity contribution in [3.05, 3.63) is 101 Å². The van der Waals surface area contributed by atoms with Crippen LogP contribution in [0, 0.1) is 13.8 Å². The maximum atomic E-state index is 13.3. The van der Waals surface area contributed by atoms with Crippen molar-refractivity contribution in [1.82, 2.24) is 15.0 Å². The number of hydrogen-bond donors (Lipinski definition) is 1. The summed E-state index contributed by atoms with van der Waals surface area (Å²) in [5, 5.41) is 6.35. The molecule has 180 valence electrons. The topological polar surface area (TPSA) is 59.3 Å². The first-order valence-electron chi connectivity index (χ1n) is 12.4. The van der Waals surface area contributed by atoms with Crippen molar-refractivity contribution in [2.45, 2.75) is 40.2 Å². The van der Waals surface area contributed by atoms with Gasteiger partial charge in [0.2, 0.25) is 0 Å². The Bertz CT molecular complexity index is 1600. The zero-order chi connectivity index (χ0) is 25.2. The van der Waals surface area contributed by atoms with Crippen LogP contribution in [0.3, 0.4) is 0 Å². The van der Waals surface area contributed by atoms with Gasteiger partial charge in [0.25, 0.3) is 5.91 Å². The number of pyridine rings is 1. The van der Waals surface area contributed by atoms with E-state index in [1.807, 2.05) is 60.7 Å². The number of aromatic nitrogens is 2. The number of benzene rings is 3. The molecule has 1 N–H and O–H groups in total. The Morgan fingerprint density at radius 3 is 2.50 bits per heavy atom. The lowest BCUT2D eigenvalue weighted by atomic mass is 10.0. The van der Waals surface area contributed by atoms with Crippen molar-refractivity contribution < 1.29 is 4.79 Å². The molecule has 0 aliphatic heterocycles. The van der Waals surface area contributed by atoms with Crippen LogP contribution >= 0.6 is 0 Å². The molecule has 5 heteroatoms. The van der Waals surface area contributed by atoms with Gasteiger partial charge in [-0.25, -0.2) is 10.4 Å². The number of carbonyl (C=O) groups excluding carboxylic acids is 1. The zero-order valence-electron chi connectivity index (χ0n) is 21.1. The highest BCUT2D eigenvalue weighted by molar-refractivity contribution is 6.08. The molecule has 0 aliphatic rings. The molecule has 2 heterocycles. The first-order valence-corrected chi connectivity index (χ1v) is 12.4. The summed E-state index contributed by atoms with van der Waals surface area (Å²) < 4.78 is 2.39. The van der Waals surface area contributed by atoms with Gasteiger partial charge in [-0.15, -0.1) is 0 Å². The smallest absolute Gasteiger partial charge is 0.272 e. The third kappa shape index (κ3) is 4.17. The molecule has 0 fully saturated rings. The van der Waals surface area contributed by atoms with E-state index in [9.17, 15) is 4.79 Å². The summed E-state index contributed by atoms with van der Waals surface area (Å²) in [5.41, 5.74) is 10.4. The second-order valence-corrected chi connectivity index (χ2v) is 9.23. The van der Waals surface area contributed by atoms with Gasteiger partial charge in [0, 0.05) is 33.6 Å². The number of amides is 1. The van der Waals surface area contributed by atoms with E-state index >= 15 is 0 Å². The molecule has 0 bridgehead atoms. The van der Waals surface area contributed by atoms with Gasteiger partial charge in [-0.3, -0.25) is 4.79 Å².